The number of thioether (sulfide) groups is 1. The molecule has 0 aromatic heterocycles. The first-order valence-corrected chi connectivity index (χ1v) is 9.38. The van der Waals surface area contributed by atoms with Crippen LogP contribution in [0.15, 0.2) is 29.2 Å². The lowest BCUT2D eigenvalue weighted by Crippen LogP contribution is -2.39. The maximum Gasteiger partial charge on any atom is 0.0263 e. The minimum Gasteiger partial charge on any atom is -0.302 e. The Hall–Kier alpha value is 0.01000. The molecule has 2 heterocycles. The minimum absolute atomic E-state index is 0.778. The number of fused-ring (bicyclic) bond motifs is 1. The van der Waals surface area contributed by atoms with Gasteiger partial charge in [0.05, 0.1) is 0 Å². The van der Waals surface area contributed by atoms with Crippen LogP contribution in [-0.2, 0) is 6.42 Å². The molecule has 0 saturated carbocycles. The normalized spacial score (nSPS) is 27.4. The quantitative estimate of drug-likeness (QED) is 0.756. The molecule has 1 aromatic carbocycles. The first kappa shape index (κ1) is 14.0. The molecule has 0 radical (unpaired) electrons. The lowest BCUT2D eigenvalue weighted by Gasteiger charge is -2.33. The maximum absolute atomic E-state index is 3.59. The van der Waals surface area contributed by atoms with Gasteiger partial charge in [-0.2, -0.15) is 0 Å². The van der Waals surface area contributed by atoms with Crippen molar-refractivity contribution in [1.82, 2.24) is 4.90 Å². The van der Waals surface area contributed by atoms with Gasteiger partial charge in [-0.25, -0.2) is 0 Å². The minimum atomic E-state index is 0.778. The maximum atomic E-state index is 3.59. The molecule has 3 rings (SSSR count). The summed E-state index contributed by atoms with van der Waals surface area (Å²) in [6.07, 6.45) is 5.43. The van der Waals surface area contributed by atoms with Gasteiger partial charge in [0.2, 0.25) is 0 Å². The second kappa shape index (κ2) is 6.64. The van der Waals surface area contributed by atoms with Crippen LogP contribution in [0, 0.1) is 5.92 Å². The van der Waals surface area contributed by atoms with Crippen molar-refractivity contribution in [2.24, 2.45) is 5.92 Å². The van der Waals surface area contributed by atoms with Gasteiger partial charge in [0.25, 0.3) is 0 Å². The third-order valence-electron chi connectivity index (χ3n) is 4.30. The van der Waals surface area contributed by atoms with E-state index in [9.17, 15) is 0 Å². The molecule has 2 aliphatic rings. The molecule has 1 aromatic rings. The van der Waals surface area contributed by atoms with Crippen LogP contribution in [0.5, 0.6) is 0 Å². The molecule has 104 valence electrons. The van der Waals surface area contributed by atoms with Gasteiger partial charge in [-0.1, -0.05) is 34.1 Å². The highest BCUT2D eigenvalue weighted by molar-refractivity contribution is 9.09. The van der Waals surface area contributed by atoms with Crippen molar-refractivity contribution in [3.63, 3.8) is 0 Å². The van der Waals surface area contributed by atoms with Gasteiger partial charge in [-0.3, -0.25) is 0 Å². The Labute approximate surface area is 129 Å². The van der Waals surface area contributed by atoms with E-state index in [-0.39, 0.29) is 0 Å². The first-order chi connectivity index (χ1) is 9.35. The lowest BCUT2D eigenvalue weighted by molar-refractivity contribution is 0.173. The highest BCUT2D eigenvalue weighted by atomic mass is 79.9. The summed E-state index contributed by atoms with van der Waals surface area (Å²) in [5.41, 5.74) is 1.56. The predicted molar refractivity (Wildman–Crippen MR) is 87.4 cm³/mol. The third-order valence-corrected chi connectivity index (χ3v) is 6.06. The van der Waals surface area contributed by atoms with Crippen molar-refractivity contribution in [3.05, 3.63) is 29.8 Å². The summed E-state index contributed by atoms with van der Waals surface area (Å²) in [5, 5.41) is 1.94. The Bertz CT molecular complexity index is 396. The van der Waals surface area contributed by atoms with Crippen molar-refractivity contribution in [2.75, 3.05) is 25.0 Å². The summed E-state index contributed by atoms with van der Waals surface area (Å²) in [7, 11) is 0. The summed E-state index contributed by atoms with van der Waals surface area (Å²) in [5.74, 6) is 0.918. The Kier molecular flexibility index (Phi) is 4.88. The summed E-state index contributed by atoms with van der Waals surface area (Å²) in [6, 6.07) is 8.92. The van der Waals surface area contributed by atoms with Gasteiger partial charge in [0, 0.05) is 28.6 Å². The highest BCUT2D eigenvalue weighted by Crippen LogP contribution is 2.37. The number of nitrogens with zero attached hydrogens (tertiary/aromatic N) is 1. The fourth-order valence-electron chi connectivity index (χ4n) is 3.35. The molecule has 0 amide bonds. The van der Waals surface area contributed by atoms with Gasteiger partial charge in [0.15, 0.2) is 0 Å². The van der Waals surface area contributed by atoms with E-state index in [0.717, 1.165) is 16.5 Å². The van der Waals surface area contributed by atoms with E-state index in [4.69, 9.17) is 0 Å². The molecule has 3 heteroatoms. The lowest BCUT2D eigenvalue weighted by atomic mass is 9.95. The summed E-state index contributed by atoms with van der Waals surface area (Å²) in [4.78, 5) is 4.22. The summed E-state index contributed by atoms with van der Waals surface area (Å²) in [6.45, 7) is 3.91. The molecule has 1 saturated heterocycles. The number of rotatable bonds is 4. The van der Waals surface area contributed by atoms with Crippen LogP contribution < -0.4 is 0 Å². The second-order valence-corrected chi connectivity index (χ2v) is 7.93. The highest BCUT2D eigenvalue weighted by Gasteiger charge is 2.26. The van der Waals surface area contributed by atoms with Gasteiger partial charge in [0.1, 0.15) is 0 Å². The first-order valence-electron chi connectivity index (χ1n) is 7.38. The fourth-order valence-corrected chi connectivity index (χ4v) is 5.37. The second-order valence-electron chi connectivity index (χ2n) is 5.80. The standard InChI is InChI=1S/C16H22BrNS/c17-8-7-13-4-3-9-18(11-13)12-15-10-14-5-1-2-6-16(14)19-15/h1-2,5-6,13,15H,3-4,7-12H2. The predicted octanol–water partition coefficient (Wildman–Crippen LogP) is 4.20. The molecule has 0 N–H and O–H groups in total. The Morgan fingerprint density at radius 2 is 2.21 bits per heavy atom. The van der Waals surface area contributed by atoms with Crippen LogP contribution in [0.4, 0.5) is 0 Å². The topological polar surface area (TPSA) is 3.24 Å². The molecule has 0 spiro atoms. The number of alkyl halides is 1. The van der Waals surface area contributed by atoms with Gasteiger partial charge >= 0.3 is 0 Å². The van der Waals surface area contributed by atoms with E-state index in [1.807, 2.05) is 0 Å². The number of piperidine rings is 1. The molecule has 2 unspecified atom stereocenters. The van der Waals surface area contributed by atoms with Crippen LogP contribution in [-0.4, -0.2) is 35.1 Å². The molecule has 1 fully saturated rings. The van der Waals surface area contributed by atoms with E-state index >= 15 is 0 Å². The van der Waals surface area contributed by atoms with Crippen molar-refractivity contribution in [1.29, 1.82) is 0 Å². The molecule has 19 heavy (non-hydrogen) atoms. The molecule has 0 bridgehead atoms. The van der Waals surface area contributed by atoms with E-state index in [1.165, 1.54) is 50.2 Å². The molecule has 2 atom stereocenters. The van der Waals surface area contributed by atoms with Crippen molar-refractivity contribution < 1.29 is 0 Å². The van der Waals surface area contributed by atoms with Crippen LogP contribution in [0.25, 0.3) is 0 Å². The zero-order valence-corrected chi connectivity index (χ0v) is 13.8. The molecular formula is C16H22BrNS. The van der Waals surface area contributed by atoms with Gasteiger partial charge in [-0.15, -0.1) is 11.8 Å². The number of benzene rings is 1. The number of hydrogen-bond acceptors (Lipinski definition) is 2. The van der Waals surface area contributed by atoms with E-state index in [0.29, 0.717) is 0 Å². The Morgan fingerprint density at radius 3 is 3.05 bits per heavy atom. The zero-order valence-electron chi connectivity index (χ0n) is 11.4. The number of likely N-dealkylation sites (tertiary alicyclic amines) is 1. The van der Waals surface area contributed by atoms with Gasteiger partial charge in [-0.05, 0) is 49.8 Å². The van der Waals surface area contributed by atoms with E-state index < -0.39 is 0 Å². The molecule has 0 aliphatic carbocycles. The molecule has 2 aliphatic heterocycles. The molecular weight excluding hydrogens is 318 g/mol. The van der Waals surface area contributed by atoms with Crippen LogP contribution in [0.1, 0.15) is 24.8 Å². The summed E-state index contributed by atoms with van der Waals surface area (Å²) >= 11 is 5.68. The Balaban J connectivity index is 1.53. The number of halogens is 1. The Morgan fingerprint density at radius 1 is 1.32 bits per heavy atom. The molecule has 1 nitrogen and oxygen atoms in total. The van der Waals surface area contributed by atoms with Crippen LogP contribution in [0.2, 0.25) is 0 Å². The smallest absolute Gasteiger partial charge is 0.0263 e. The SMILES string of the molecule is BrCCC1CCCN(CC2Cc3ccccc3S2)C1. The van der Waals surface area contributed by atoms with Crippen LogP contribution in [0.3, 0.4) is 0 Å². The van der Waals surface area contributed by atoms with E-state index in [2.05, 4.69) is 56.9 Å². The van der Waals surface area contributed by atoms with Crippen molar-refractivity contribution in [3.8, 4) is 0 Å². The van der Waals surface area contributed by atoms with Gasteiger partial charge < -0.3 is 4.90 Å². The monoisotopic (exact) mass is 339 g/mol. The average Bonchev–Trinajstić information content (AvgIpc) is 2.81. The zero-order chi connectivity index (χ0) is 13.1. The fraction of sp³-hybridized carbons (Fsp3) is 0.625. The van der Waals surface area contributed by atoms with Crippen molar-refractivity contribution in [2.45, 2.75) is 35.8 Å². The van der Waals surface area contributed by atoms with Crippen LogP contribution >= 0.6 is 27.7 Å². The van der Waals surface area contributed by atoms with E-state index in [1.54, 1.807) is 5.56 Å². The average molecular weight is 340 g/mol. The van der Waals surface area contributed by atoms with Crippen molar-refractivity contribution >= 4 is 27.7 Å². The largest absolute Gasteiger partial charge is 0.302 e. The third kappa shape index (κ3) is 3.56. The summed E-state index contributed by atoms with van der Waals surface area (Å²) < 4.78 is 0. The number of hydrogen-bond donors (Lipinski definition) is 0.